The Morgan fingerprint density at radius 2 is 1.75 bits per heavy atom. The number of esters is 1. The molecule has 0 bridgehead atoms. The minimum absolute atomic E-state index is 0.0602. The average Bonchev–Trinajstić information content (AvgIpc) is 2.75. The number of halogens is 3. The number of rotatable bonds is 3. The maximum atomic E-state index is 12.3. The third-order valence-electron chi connectivity index (χ3n) is 4.04. The number of allylic oxidation sites excluding steroid dienone is 1. The number of alkyl halides is 3. The standard InChI is InChI=1S/C15H23F3O2/c1-9(15(16,17)18)20-11(19)8-7-10-12(13(2,3)4)14(10,5)6/h7-10,12H,1-6H3/b8-7+. The van der Waals surface area contributed by atoms with Gasteiger partial charge in [-0.25, -0.2) is 4.79 Å². The summed E-state index contributed by atoms with van der Waals surface area (Å²) in [6, 6.07) is 0. The van der Waals surface area contributed by atoms with E-state index in [2.05, 4.69) is 39.4 Å². The van der Waals surface area contributed by atoms with Crippen molar-refractivity contribution in [1.82, 2.24) is 0 Å². The lowest BCUT2D eigenvalue weighted by atomic mass is 9.85. The molecule has 3 atom stereocenters. The van der Waals surface area contributed by atoms with E-state index >= 15 is 0 Å². The van der Waals surface area contributed by atoms with E-state index in [0.29, 0.717) is 5.92 Å². The van der Waals surface area contributed by atoms with Gasteiger partial charge in [-0.1, -0.05) is 40.7 Å². The van der Waals surface area contributed by atoms with Crippen molar-refractivity contribution < 1.29 is 22.7 Å². The van der Waals surface area contributed by atoms with E-state index in [1.807, 2.05) is 0 Å². The molecule has 0 N–H and O–H groups in total. The van der Waals surface area contributed by atoms with E-state index in [-0.39, 0.29) is 16.7 Å². The topological polar surface area (TPSA) is 26.3 Å². The van der Waals surface area contributed by atoms with E-state index in [4.69, 9.17) is 0 Å². The minimum atomic E-state index is -4.52. The van der Waals surface area contributed by atoms with Crippen LogP contribution in [0.3, 0.4) is 0 Å². The Kier molecular flexibility index (Phi) is 4.33. The highest BCUT2D eigenvalue weighted by Gasteiger charge is 2.60. The summed E-state index contributed by atoms with van der Waals surface area (Å²) in [6.45, 7) is 11.4. The van der Waals surface area contributed by atoms with Crippen LogP contribution in [0.25, 0.3) is 0 Å². The van der Waals surface area contributed by atoms with Gasteiger partial charge in [0.25, 0.3) is 0 Å². The molecule has 116 valence electrons. The summed E-state index contributed by atoms with van der Waals surface area (Å²) in [5, 5.41) is 0. The molecule has 0 aromatic carbocycles. The molecule has 0 spiro atoms. The fourth-order valence-corrected chi connectivity index (χ4v) is 3.15. The molecular weight excluding hydrogens is 269 g/mol. The molecule has 0 saturated heterocycles. The molecule has 0 aromatic rings. The Balaban J connectivity index is 2.60. The second kappa shape index (κ2) is 5.08. The summed E-state index contributed by atoms with van der Waals surface area (Å²) in [7, 11) is 0. The molecule has 0 heterocycles. The van der Waals surface area contributed by atoms with Gasteiger partial charge in [0.2, 0.25) is 0 Å². The molecule has 1 fully saturated rings. The summed E-state index contributed by atoms with van der Waals surface area (Å²) in [6.07, 6.45) is -3.79. The van der Waals surface area contributed by atoms with Gasteiger partial charge in [-0.2, -0.15) is 13.2 Å². The molecule has 1 rings (SSSR count). The van der Waals surface area contributed by atoms with Gasteiger partial charge in [-0.15, -0.1) is 0 Å². The Morgan fingerprint density at radius 3 is 2.10 bits per heavy atom. The molecule has 1 aliphatic carbocycles. The largest absolute Gasteiger partial charge is 0.450 e. The second-order valence-electron chi connectivity index (χ2n) is 7.17. The minimum Gasteiger partial charge on any atom is -0.450 e. The third kappa shape index (κ3) is 3.76. The maximum absolute atomic E-state index is 12.3. The zero-order valence-electron chi connectivity index (χ0n) is 12.8. The molecule has 0 aromatic heterocycles. The number of ether oxygens (including phenoxy) is 1. The number of carbonyl (C=O) groups is 1. The van der Waals surface area contributed by atoms with Gasteiger partial charge in [0.05, 0.1) is 0 Å². The molecule has 2 nitrogen and oxygen atoms in total. The Morgan fingerprint density at radius 1 is 1.25 bits per heavy atom. The molecule has 3 unspecified atom stereocenters. The van der Waals surface area contributed by atoms with Crippen molar-refractivity contribution in [3.05, 3.63) is 12.2 Å². The van der Waals surface area contributed by atoms with Crippen LogP contribution in [0.15, 0.2) is 12.2 Å². The van der Waals surface area contributed by atoms with E-state index in [0.717, 1.165) is 13.0 Å². The molecule has 5 heteroatoms. The summed E-state index contributed by atoms with van der Waals surface area (Å²) < 4.78 is 41.1. The summed E-state index contributed by atoms with van der Waals surface area (Å²) in [4.78, 5) is 11.4. The lowest BCUT2D eigenvalue weighted by Gasteiger charge is -2.20. The lowest BCUT2D eigenvalue weighted by Crippen LogP contribution is -2.30. The Labute approximate surface area is 118 Å². The second-order valence-corrected chi connectivity index (χ2v) is 7.17. The van der Waals surface area contributed by atoms with Gasteiger partial charge in [0.15, 0.2) is 6.10 Å². The van der Waals surface area contributed by atoms with Crippen molar-refractivity contribution in [3.8, 4) is 0 Å². The van der Waals surface area contributed by atoms with Gasteiger partial charge in [0, 0.05) is 6.08 Å². The summed E-state index contributed by atoms with van der Waals surface area (Å²) in [5.74, 6) is -0.347. The highest BCUT2D eigenvalue weighted by molar-refractivity contribution is 5.82. The predicted molar refractivity (Wildman–Crippen MR) is 71.0 cm³/mol. The first-order chi connectivity index (χ1) is 8.78. The van der Waals surface area contributed by atoms with Gasteiger partial charge in [-0.3, -0.25) is 0 Å². The van der Waals surface area contributed by atoms with Crippen molar-refractivity contribution in [2.24, 2.45) is 22.7 Å². The van der Waals surface area contributed by atoms with E-state index in [1.54, 1.807) is 6.08 Å². The van der Waals surface area contributed by atoms with Gasteiger partial charge in [0.1, 0.15) is 0 Å². The average molecular weight is 292 g/mol. The van der Waals surface area contributed by atoms with Crippen LogP contribution in [0.5, 0.6) is 0 Å². The number of carbonyl (C=O) groups excluding carboxylic acids is 1. The summed E-state index contributed by atoms with van der Waals surface area (Å²) >= 11 is 0. The van der Waals surface area contributed by atoms with Crippen LogP contribution in [0.4, 0.5) is 13.2 Å². The molecule has 0 radical (unpaired) electrons. The van der Waals surface area contributed by atoms with Gasteiger partial charge >= 0.3 is 12.1 Å². The quantitative estimate of drug-likeness (QED) is 0.571. The van der Waals surface area contributed by atoms with Crippen LogP contribution in [0.1, 0.15) is 41.5 Å². The first-order valence-corrected chi connectivity index (χ1v) is 6.73. The van der Waals surface area contributed by atoms with Crippen LogP contribution in [0, 0.1) is 22.7 Å². The molecular formula is C15H23F3O2. The van der Waals surface area contributed by atoms with E-state index in [1.165, 1.54) is 0 Å². The smallest absolute Gasteiger partial charge is 0.425 e. The molecule has 0 aliphatic heterocycles. The number of hydrogen-bond donors (Lipinski definition) is 0. The molecule has 0 amide bonds. The van der Waals surface area contributed by atoms with E-state index in [9.17, 15) is 18.0 Å². The maximum Gasteiger partial charge on any atom is 0.425 e. The van der Waals surface area contributed by atoms with Crippen molar-refractivity contribution in [2.75, 3.05) is 0 Å². The van der Waals surface area contributed by atoms with Crippen molar-refractivity contribution in [1.29, 1.82) is 0 Å². The monoisotopic (exact) mass is 292 g/mol. The third-order valence-corrected chi connectivity index (χ3v) is 4.04. The molecule has 20 heavy (non-hydrogen) atoms. The van der Waals surface area contributed by atoms with Crippen LogP contribution in [-0.4, -0.2) is 18.2 Å². The van der Waals surface area contributed by atoms with Crippen molar-refractivity contribution >= 4 is 5.97 Å². The Hall–Kier alpha value is -1.00. The van der Waals surface area contributed by atoms with Crippen LogP contribution >= 0.6 is 0 Å². The van der Waals surface area contributed by atoms with Crippen molar-refractivity contribution in [2.45, 2.75) is 53.8 Å². The van der Waals surface area contributed by atoms with Crippen LogP contribution in [0.2, 0.25) is 0 Å². The normalized spacial score (nSPS) is 27.4. The highest BCUT2D eigenvalue weighted by atomic mass is 19.4. The fourth-order valence-electron chi connectivity index (χ4n) is 3.15. The summed E-state index contributed by atoms with van der Waals surface area (Å²) in [5.41, 5.74) is 0.159. The van der Waals surface area contributed by atoms with Gasteiger partial charge < -0.3 is 4.74 Å². The highest BCUT2D eigenvalue weighted by Crippen LogP contribution is 2.66. The van der Waals surface area contributed by atoms with Crippen LogP contribution < -0.4 is 0 Å². The van der Waals surface area contributed by atoms with E-state index < -0.39 is 18.2 Å². The number of hydrogen-bond acceptors (Lipinski definition) is 2. The first-order valence-electron chi connectivity index (χ1n) is 6.73. The van der Waals surface area contributed by atoms with Crippen molar-refractivity contribution in [3.63, 3.8) is 0 Å². The molecule has 1 saturated carbocycles. The van der Waals surface area contributed by atoms with Gasteiger partial charge in [-0.05, 0) is 29.6 Å². The zero-order valence-corrected chi connectivity index (χ0v) is 12.8. The lowest BCUT2D eigenvalue weighted by molar-refractivity contribution is -0.213. The molecule has 1 aliphatic rings. The SMILES string of the molecule is CC(OC(=O)/C=C/C1C(C(C)(C)C)C1(C)C)C(F)(F)F. The Bertz CT molecular complexity index is 402. The fraction of sp³-hybridized carbons (Fsp3) is 0.800. The predicted octanol–water partition coefficient (Wildman–Crippen LogP) is 4.35. The zero-order chi connectivity index (χ0) is 15.9. The first kappa shape index (κ1) is 17.1. The van der Waals surface area contributed by atoms with Crippen LogP contribution in [-0.2, 0) is 9.53 Å².